The number of carbonyl (C=O) groups is 1. The first kappa shape index (κ1) is 17.9. The maximum Gasteiger partial charge on any atom is 0.311 e. The van der Waals surface area contributed by atoms with E-state index in [0.29, 0.717) is 25.1 Å². The van der Waals surface area contributed by atoms with E-state index in [1.165, 1.54) is 16.9 Å². The van der Waals surface area contributed by atoms with Crippen LogP contribution in [0.2, 0.25) is 0 Å². The number of carboxylic acid groups (broad SMARTS) is 1. The highest BCUT2D eigenvalue weighted by atomic mass is 19.1. The van der Waals surface area contributed by atoms with Crippen LogP contribution in [-0.2, 0) is 17.8 Å². The van der Waals surface area contributed by atoms with Crippen LogP contribution in [0.5, 0.6) is 0 Å². The van der Waals surface area contributed by atoms with Gasteiger partial charge in [-0.25, -0.2) is 4.39 Å². The maximum absolute atomic E-state index is 12.9. The van der Waals surface area contributed by atoms with Gasteiger partial charge in [-0.1, -0.05) is 36.1 Å². The number of halogens is 1. The minimum Gasteiger partial charge on any atom is -0.481 e. The average Bonchev–Trinajstić information content (AvgIpc) is 3.33. The molecule has 7 heteroatoms. The highest BCUT2D eigenvalue weighted by Crippen LogP contribution is 2.47. The zero-order valence-corrected chi connectivity index (χ0v) is 15.0. The third-order valence-corrected chi connectivity index (χ3v) is 4.76. The number of hydrogen-bond acceptors (Lipinski definition) is 4. The molecular weight excluding hydrogens is 359 g/mol. The highest BCUT2D eigenvalue weighted by Gasteiger charge is 2.51. The van der Waals surface area contributed by atoms with Gasteiger partial charge in [-0.2, -0.15) is 4.80 Å². The standard InChI is InChI=1S/C21H17FN4O2/c22-18-9-7-15(8-10-18)3-1-4-16-5-2-6-17(13-16)19-23-25-26(24-19)14-21(11-12-21)20(27)28/h2,5-10,13H,3,11-12,14H2,(H,27,28). The summed E-state index contributed by atoms with van der Waals surface area (Å²) in [6.07, 6.45) is 1.80. The van der Waals surface area contributed by atoms with E-state index in [-0.39, 0.29) is 12.4 Å². The SMILES string of the molecule is O=C(O)C1(Cn2nnc(-c3cccc(C#CCc4ccc(F)cc4)c3)n2)CC1. The molecule has 0 unspecified atom stereocenters. The van der Waals surface area contributed by atoms with Crippen LogP contribution >= 0.6 is 0 Å². The molecule has 0 radical (unpaired) electrons. The summed E-state index contributed by atoms with van der Waals surface area (Å²) in [5, 5.41) is 21.6. The first-order valence-electron chi connectivity index (χ1n) is 8.89. The van der Waals surface area contributed by atoms with Crippen molar-refractivity contribution in [3.05, 3.63) is 65.5 Å². The van der Waals surface area contributed by atoms with Crippen LogP contribution in [0.15, 0.2) is 48.5 Å². The second-order valence-electron chi connectivity index (χ2n) is 6.91. The predicted octanol–water partition coefficient (Wildman–Crippen LogP) is 2.94. The number of rotatable bonds is 5. The number of carboxylic acids is 1. The zero-order valence-electron chi connectivity index (χ0n) is 15.0. The second kappa shape index (κ2) is 7.24. The van der Waals surface area contributed by atoms with Gasteiger partial charge in [0, 0.05) is 17.5 Å². The van der Waals surface area contributed by atoms with Gasteiger partial charge in [-0.3, -0.25) is 4.79 Å². The normalized spacial score (nSPS) is 14.2. The number of hydrogen-bond donors (Lipinski definition) is 1. The van der Waals surface area contributed by atoms with Crippen molar-refractivity contribution in [3.63, 3.8) is 0 Å². The van der Waals surface area contributed by atoms with Crippen molar-refractivity contribution in [1.29, 1.82) is 0 Å². The minimum absolute atomic E-state index is 0.229. The molecule has 6 nitrogen and oxygen atoms in total. The van der Waals surface area contributed by atoms with Gasteiger partial charge in [0.2, 0.25) is 5.82 Å². The summed E-state index contributed by atoms with van der Waals surface area (Å²) in [6.45, 7) is 0.229. The van der Waals surface area contributed by atoms with Gasteiger partial charge in [0.15, 0.2) is 0 Å². The smallest absolute Gasteiger partial charge is 0.311 e. The van der Waals surface area contributed by atoms with Crippen molar-refractivity contribution in [1.82, 2.24) is 20.2 Å². The van der Waals surface area contributed by atoms with Crippen molar-refractivity contribution < 1.29 is 14.3 Å². The molecule has 0 bridgehead atoms. The van der Waals surface area contributed by atoms with Crippen LogP contribution in [0.4, 0.5) is 4.39 Å². The van der Waals surface area contributed by atoms with Gasteiger partial charge in [-0.15, -0.1) is 10.2 Å². The zero-order chi connectivity index (χ0) is 19.6. The largest absolute Gasteiger partial charge is 0.481 e. The summed E-state index contributed by atoms with van der Waals surface area (Å²) in [4.78, 5) is 12.7. The van der Waals surface area contributed by atoms with Crippen LogP contribution in [0.1, 0.15) is 24.0 Å². The molecule has 1 aliphatic carbocycles. The molecule has 0 aliphatic heterocycles. The summed E-state index contributed by atoms with van der Waals surface area (Å²) in [5.41, 5.74) is 1.77. The molecule has 0 amide bonds. The molecule has 1 fully saturated rings. The lowest BCUT2D eigenvalue weighted by molar-refractivity contribution is -0.144. The summed E-state index contributed by atoms with van der Waals surface area (Å²) in [5.74, 6) is 5.51. The van der Waals surface area contributed by atoms with Crippen molar-refractivity contribution in [2.45, 2.75) is 25.8 Å². The Bertz CT molecular complexity index is 1080. The lowest BCUT2D eigenvalue weighted by atomic mass is 10.1. The van der Waals surface area contributed by atoms with E-state index >= 15 is 0 Å². The predicted molar refractivity (Wildman–Crippen MR) is 99.5 cm³/mol. The van der Waals surface area contributed by atoms with E-state index in [1.54, 1.807) is 12.1 Å². The minimum atomic E-state index is -0.815. The van der Waals surface area contributed by atoms with Crippen molar-refractivity contribution in [3.8, 4) is 23.2 Å². The Labute approximate surface area is 161 Å². The Kier molecular flexibility index (Phi) is 4.62. The van der Waals surface area contributed by atoms with Crippen LogP contribution in [-0.4, -0.2) is 31.3 Å². The summed E-state index contributed by atoms with van der Waals surface area (Å²) in [7, 11) is 0. The fourth-order valence-electron chi connectivity index (χ4n) is 2.87. The van der Waals surface area contributed by atoms with Crippen molar-refractivity contribution >= 4 is 5.97 Å². The molecule has 1 aromatic heterocycles. The lowest BCUT2D eigenvalue weighted by Crippen LogP contribution is -2.22. The molecule has 0 saturated heterocycles. The molecule has 1 saturated carbocycles. The second-order valence-corrected chi connectivity index (χ2v) is 6.91. The van der Waals surface area contributed by atoms with E-state index in [4.69, 9.17) is 0 Å². The first-order valence-corrected chi connectivity index (χ1v) is 8.89. The van der Waals surface area contributed by atoms with Gasteiger partial charge < -0.3 is 5.11 Å². The van der Waals surface area contributed by atoms with Crippen LogP contribution in [0.3, 0.4) is 0 Å². The number of benzene rings is 2. The number of tetrazole rings is 1. The van der Waals surface area contributed by atoms with Gasteiger partial charge in [0.25, 0.3) is 0 Å². The molecule has 0 atom stereocenters. The molecule has 4 rings (SSSR count). The summed E-state index contributed by atoms with van der Waals surface area (Å²) in [6, 6.07) is 13.7. The molecule has 1 heterocycles. The van der Waals surface area contributed by atoms with Crippen molar-refractivity contribution in [2.24, 2.45) is 5.41 Å². The Morgan fingerprint density at radius 1 is 1.21 bits per heavy atom. The molecule has 0 spiro atoms. The van der Waals surface area contributed by atoms with E-state index in [1.807, 2.05) is 24.3 Å². The lowest BCUT2D eigenvalue weighted by Gasteiger charge is -2.06. The maximum atomic E-state index is 12.9. The molecule has 140 valence electrons. The number of aromatic nitrogens is 4. The Morgan fingerprint density at radius 3 is 2.71 bits per heavy atom. The average molecular weight is 376 g/mol. The molecule has 1 aliphatic rings. The molecule has 28 heavy (non-hydrogen) atoms. The molecule has 3 aromatic rings. The fraction of sp³-hybridized carbons (Fsp3) is 0.238. The van der Waals surface area contributed by atoms with Gasteiger partial charge in [0.05, 0.1) is 12.0 Å². The fourth-order valence-corrected chi connectivity index (χ4v) is 2.87. The van der Waals surface area contributed by atoms with Gasteiger partial charge in [-0.05, 0) is 47.9 Å². The van der Waals surface area contributed by atoms with E-state index < -0.39 is 11.4 Å². The van der Waals surface area contributed by atoms with E-state index in [0.717, 1.165) is 16.7 Å². The quantitative estimate of drug-likeness (QED) is 0.693. The Hall–Kier alpha value is -3.53. The van der Waals surface area contributed by atoms with E-state index in [9.17, 15) is 14.3 Å². The van der Waals surface area contributed by atoms with Gasteiger partial charge >= 0.3 is 5.97 Å². The molecule has 1 N–H and O–H groups in total. The third-order valence-electron chi connectivity index (χ3n) is 4.76. The Balaban J connectivity index is 1.46. The summed E-state index contributed by atoms with van der Waals surface area (Å²) >= 11 is 0. The van der Waals surface area contributed by atoms with Crippen LogP contribution < -0.4 is 0 Å². The van der Waals surface area contributed by atoms with E-state index in [2.05, 4.69) is 27.3 Å². The van der Waals surface area contributed by atoms with Gasteiger partial charge in [0.1, 0.15) is 5.82 Å². The summed E-state index contributed by atoms with van der Waals surface area (Å²) < 4.78 is 12.9. The third kappa shape index (κ3) is 3.91. The van der Waals surface area contributed by atoms with Crippen LogP contribution in [0.25, 0.3) is 11.4 Å². The number of nitrogens with zero attached hydrogens (tertiary/aromatic N) is 4. The number of aliphatic carboxylic acids is 1. The van der Waals surface area contributed by atoms with Crippen LogP contribution in [0, 0.1) is 23.1 Å². The monoisotopic (exact) mass is 376 g/mol. The Morgan fingerprint density at radius 2 is 2.00 bits per heavy atom. The molecule has 2 aromatic carbocycles. The first-order chi connectivity index (χ1) is 13.5. The van der Waals surface area contributed by atoms with Crippen molar-refractivity contribution in [2.75, 3.05) is 0 Å². The highest BCUT2D eigenvalue weighted by molar-refractivity contribution is 5.77. The topological polar surface area (TPSA) is 80.9 Å². The molecular formula is C21H17FN4O2.